The lowest BCUT2D eigenvalue weighted by molar-refractivity contribution is 0.0706. The van der Waals surface area contributed by atoms with Crippen LogP contribution in [0.4, 0.5) is 0 Å². The van der Waals surface area contributed by atoms with E-state index in [1.165, 1.54) is 26.2 Å². The number of likely N-dealkylation sites (tertiary alicyclic amines) is 1. The molecule has 1 fully saturated rings. The summed E-state index contributed by atoms with van der Waals surface area (Å²) in [6.45, 7) is 1.23. The van der Waals surface area contributed by atoms with Crippen molar-refractivity contribution in [2.75, 3.05) is 34.3 Å². The second-order valence-corrected chi connectivity index (χ2v) is 11.2. The summed E-state index contributed by atoms with van der Waals surface area (Å²) in [7, 11) is 1.07. The first-order chi connectivity index (χ1) is 15.8. The number of benzene rings is 2. The van der Waals surface area contributed by atoms with Crippen molar-refractivity contribution in [3.8, 4) is 16.3 Å². The zero-order valence-electron chi connectivity index (χ0n) is 18.8. The van der Waals surface area contributed by atoms with Gasteiger partial charge >= 0.3 is 0 Å². The fraction of sp³-hybridized carbons (Fsp3) is 0.348. The molecule has 0 bridgehead atoms. The van der Waals surface area contributed by atoms with Crippen LogP contribution in [0, 0.1) is 0 Å². The lowest BCUT2D eigenvalue weighted by Crippen LogP contribution is -2.39. The van der Waals surface area contributed by atoms with Crippen LogP contribution in [0.3, 0.4) is 0 Å². The van der Waals surface area contributed by atoms with E-state index in [2.05, 4.69) is 10.2 Å². The molecular formula is C23H26N4O4S2. The summed E-state index contributed by atoms with van der Waals surface area (Å²) in [6, 6.07) is 13.8. The van der Waals surface area contributed by atoms with Crippen molar-refractivity contribution in [3.05, 3.63) is 59.1 Å². The minimum absolute atomic E-state index is 0.103. The van der Waals surface area contributed by atoms with E-state index < -0.39 is 10.0 Å². The Hall–Kier alpha value is -2.82. The quantitative estimate of drug-likeness (QED) is 0.530. The molecule has 1 aromatic heterocycles. The second-order valence-electron chi connectivity index (χ2n) is 8.08. The Kier molecular flexibility index (Phi) is 6.78. The zero-order valence-corrected chi connectivity index (χ0v) is 20.4. The smallest absolute Gasteiger partial charge is 0.253 e. The fourth-order valence-electron chi connectivity index (χ4n) is 3.78. The summed E-state index contributed by atoms with van der Waals surface area (Å²) in [5.74, 6) is 0.811. The number of piperidine rings is 1. The molecule has 1 unspecified atom stereocenters. The number of carbonyl (C=O) groups is 1. The number of carbonyl (C=O) groups excluding carboxylic acids is 1. The third-order valence-corrected chi connectivity index (χ3v) is 8.68. The topological polar surface area (TPSA) is 92.7 Å². The second kappa shape index (κ2) is 9.58. The van der Waals surface area contributed by atoms with Crippen molar-refractivity contribution in [2.45, 2.75) is 23.7 Å². The van der Waals surface area contributed by atoms with Crippen molar-refractivity contribution in [2.24, 2.45) is 0 Å². The molecule has 10 heteroatoms. The normalized spacial score (nSPS) is 16.7. The molecule has 1 saturated heterocycles. The molecule has 2 aromatic carbocycles. The molecule has 0 N–H and O–H groups in total. The van der Waals surface area contributed by atoms with E-state index in [-0.39, 0.29) is 16.7 Å². The van der Waals surface area contributed by atoms with Crippen molar-refractivity contribution in [1.29, 1.82) is 0 Å². The largest absolute Gasteiger partial charge is 0.497 e. The molecule has 0 radical (unpaired) electrons. The van der Waals surface area contributed by atoms with E-state index in [0.29, 0.717) is 18.7 Å². The Morgan fingerprint density at radius 3 is 2.42 bits per heavy atom. The van der Waals surface area contributed by atoms with Crippen LogP contribution in [-0.4, -0.2) is 68.0 Å². The van der Waals surface area contributed by atoms with Crippen LogP contribution in [0.2, 0.25) is 0 Å². The molecule has 174 valence electrons. The SMILES string of the molecule is COc1ccc(-c2nnc(C3CCCN(C(=O)c4ccc(S(=O)(=O)N(C)C)cc4)C3)s2)cc1. The number of amides is 1. The zero-order chi connectivity index (χ0) is 23.6. The van der Waals surface area contributed by atoms with Crippen molar-refractivity contribution in [3.63, 3.8) is 0 Å². The lowest BCUT2D eigenvalue weighted by atomic mass is 9.98. The first kappa shape index (κ1) is 23.3. The van der Waals surface area contributed by atoms with E-state index in [0.717, 1.165) is 38.5 Å². The van der Waals surface area contributed by atoms with Gasteiger partial charge in [-0.3, -0.25) is 4.79 Å². The Labute approximate surface area is 197 Å². The van der Waals surface area contributed by atoms with Gasteiger partial charge in [0, 0.05) is 44.2 Å². The molecule has 33 heavy (non-hydrogen) atoms. The van der Waals surface area contributed by atoms with E-state index >= 15 is 0 Å². The molecule has 3 aromatic rings. The van der Waals surface area contributed by atoms with Crippen LogP contribution < -0.4 is 4.74 Å². The summed E-state index contributed by atoms with van der Waals surface area (Å²) in [4.78, 5) is 15.1. The van der Waals surface area contributed by atoms with Crippen LogP contribution in [0.1, 0.15) is 34.1 Å². The van der Waals surface area contributed by atoms with E-state index in [4.69, 9.17) is 4.74 Å². The van der Waals surface area contributed by atoms with Crippen LogP contribution in [0.15, 0.2) is 53.4 Å². The number of aromatic nitrogens is 2. The fourth-order valence-corrected chi connectivity index (χ4v) is 5.65. The standard InChI is InChI=1S/C23H26N4O4S2/c1-26(2)33(29,30)20-12-8-17(9-13-20)23(28)27-14-4-5-18(15-27)22-25-24-21(32-22)16-6-10-19(31-3)11-7-16/h6-13,18H,4-5,14-15H2,1-3H3. The van der Waals surface area contributed by atoms with Gasteiger partial charge < -0.3 is 9.64 Å². The number of ether oxygens (including phenoxy) is 1. The van der Waals surface area contributed by atoms with Crippen LogP contribution in [0.5, 0.6) is 5.75 Å². The average Bonchev–Trinajstić information content (AvgIpc) is 3.34. The number of methoxy groups -OCH3 is 1. The van der Waals surface area contributed by atoms with Gasteiger partial charge in [-0.1, -0.05) is 11.3 Å². The summed E-state index contributed by atoms with van der Waals surface area (Å²) in [6.07, 6.45) is 1.82. The monoisotopic (exact) mass is 486 g/mol. The summed E-state index contributed by atoms with van der Waals surface area (Å²) < 4.78 is 30.9. The highest BCUT2D eigenvalue weighted by Crippen LogP contribution is 2.33. The summed E-state index contributed by atoms with van der Waals surface area (Å²) in [5.41, 5.74) is 1.46. The molecule has 0 saturated carbocycles. The van der Waals surface area contributed by atoms with Crippen LogP contribution in [0.25, 0.3) is 10.6 Å². The van der Waals surface area contributed by atoms with Gasteiger partial charge in [-0.25, -0.2) is 12.7 Å². The van der Waals surface area contributed by atoms with Crippen molar-refractivity contribution < 1.29 is 17.9 Å². The van der Waals surface area contributed by atoms with Crippen LogP contribution in [-0.2, 0) is 10.0 Å². The van der Waals surface area contributed by atoms with Crippen molar-refractivity contribution >= 4 is 27.3 Å². The maximum Gasteiger partial charge on any atom is 0.253 e. The minimum atomic E-state index is -3.53. The lowest BCUT2D eigenvalue weighted by Gasteiger charge is -2.31. The average molecular weight is 487 g/mol. The number of hydrogen-bond acceptors (Lipinski definition) is 7. The Morgan fingerprint density at radius 1 is 1.09 bits per heavy atom. The van der Waals surface area contributed by atoms with Gasteiger partial charge in [0.25, 0.3) is 5.91 Å². The third kappa shape index (κ3) is 4.92. The van der Waals surface area contributed by atoms with E-state index in [9.17, 15) is 13.2 Å². The number of rotatable bonds is 6. The van der Waals surface area contributed by atoms with Crippen molar-refractivity contribution in [1.82, 2.24) is 19.4 Å². The van der Waals surface area contributed by atoms with Gasteiger partial charge in [0.2, 0.25) is 10.0 Å². The molecular weight excluding hydrogens is 460 g/mol. The Morgan fingerprint density at radius 2 is 1.79 bits per heavy atom. The molecule has 4 rings (SSSR count). The molecule has 8 nitrogen and oxygen atoms in total. The third-order valence-electron chi connectivity index (χ3n) is 5.72. The summed E-state index contributed by atoms with van der Waals surface area (Å²) >= 11 is 1.55. The van der Waals surface area contributed by atoms with E-state index in [1.807, 2.05) is 29.2 Å². The highest BCUT2D eigenvalue weighted by atomic mass is 32.2. The minimum Gasteiger partial charge on any atom is -0.497 e. The number of hydrogen-bond donors (Lipinski definition) is 0. The van der Waals surface area contributed by atoms with Crippen LogP contribution >= 0.6 is 11.3 Å². The maximum atomic E-state index is 13.1. The van der Waals surface area contributed by atoms with Gasteiger partial charge in [0.15, 0.2) is 0 Å². The van der Waals surface area contributed by atoms with Gasteiger partial charge in [0.1, 0.15) is 15.8 Å². The van der Waals surface area contributed by atoms with Gasteiger partial charge in [-0.2, -0.15) is 0 Å². The molecule has 1 aliphatic rings. The number of sulfonamides is 1. The first-order valence-corrected chi connectivity index (χ1v) is 12.8. The predicted octanol–water partition coefficient (Wildman–Crippen LogP) is 3.48. The maximum absolute atomic E-state index is 13.1. The molecule has 1 amide bonds. The molecule has 0 aliphatic carbocycles. The molecule has 2 heterocycles. The highest BCUT2D eigenvalue weighted by molar-refractivity contribution is 7.89. The first-order valence-electron chi connectivity index (χ1n) is 10.6. The van der Waals surface area contributed by atoms with Gasteiger partial charge in [0.05, 0.1) is 12.0 Å². The predicted molar refractivity (Wildman–Crippen MR) is 127 cm³/mol. The molecule has 1 atom stereocenters. The molecule has 1 aliphatic heterocycles. The van der Waals surface area contributed by atoms with Gasteiger partial charge in [-0.05, 0) is 61.4 Å². The Balaban J connectivity index is 1.46. The number of nitrogens with zero attached hydrogens (tertiary/aromatic N) is 4. The van der Waals surface area contributed by atoms with Gasteiger partial charge in [-0.15, -0.1) is 10.2 Å². The summed E-state index contributed by atoms with van der Waals surface area (Å²) in [5, 5.41) is 10.5. The van der Waals surface area contributed by atoms with E-state index in [1.54, 1.807) is 30.6 Å². The Bertz CT molecular complexity index is 1220. The highest BCUT2D eigenvalue weighted by Gasteiger charge is 2.28. The molecule has 0 spiro atoms.